The largest absolute Gasteiger partial charge is 0.490 e. The van der Waals surface area contributed by atoms with Crippen LogP contribution in [-0.4, -0.2) is 13.2 Å². The number of benzene rings is 1. The monoisotopic (exact) mass is 213 g/mol. The highest BCUT2D eigenvalue weighted by molar-refractivity contribution is 6.31. The fraction of sp³-hybridized carbons (Fsp3) is 0.400. The van der Waals surface area contributed by atoms with Gasteiger partial charge in [0, 0.05) is 24.1 Å². The molecule has 1 aromatic carbocycles. The molecule has 1 aliphatic heterocycles. The van der Waals surface area contributed by atoms with Gasteiger partial charge in [0.15, 0.2) is 11.5 Å². The predicted molar refractivity (Wildman–Crippen MR) is 55.0 cm³/mol. The lowest BCUT2D eigenvalue weighted by molar-refractivity contribution is 0.297. The molecule has 1 aliphatic rings. The average Bonchev–Trinajstić information content (AvgIpc) is 2.41. The topological polar surface area (TPSA) is 44.5 Å². The molecule has 0 unspecified atom stereocenters. The third-order valence-corrected chi connectivity index (χ3v) is 2.49. The molecule has 0 fully saturated rings. The van der Waals surface area contributed by atoms with Crippen molar-refractivity contribution in [2.75, 3.05) is 13.2 Å². The Balaban J connectivity index is 2.41. The van der Waals surface area contributed by atoms with Crippen LogP contribution in [0, 0.1) is 0 Å². The van der Waals surface area contributed by atoms with E-state index in [-0.39, 0.29) is 0 Å². The van der Waals surface area contributed by atoms with E-state index < -0.39 is 0 Å². The molecule has 0 aliphatic carbocycles. The molecule has 0 aromatic heterocycles. The van der Waals surface area contributed by atoms with Crippen molar-refractivity contribution >= 4 is 11.6 Å². The minimum atomic E-state index is 0.412. The number of halogens is 1. The summed E-state index contributed by atoms with van der Waals surface area (Å²) >= 11 is 6.00. The number of rotatable bonds is 1. The average molecular weight is 214 g/mol. The van der Waals surface area contributed by atoms with Crippen molar-refractivity contribution in [2.24, 2.45) is 5.73 Å². The van der Waals surface area contributed by atoms with Gasteiger partial charge < -0.3 is 15.2 Å². The lowest BCUT2D eigenvalue weighted by Gasteiger charge is -2.09. The van der Waals surface area contributed by atoms with E-state index in [0.717, 1.165) is 17.7 Å². The van der Waals surface area contributed by atoms with Crippen LogP contribution in [0.4, 0.5) is 0 Å². The highest BCUT2D eigenvalue weighted by Gasteiger charge is 2.12. The molecule has 0 atom stereocenters. The Morgan fingerprint density at radius 3 is 2.50 bits per heavy atom. The van der Waals surface area contributed by atoms with Crippen LogP contribution in [-0.2, 0) is 6.54 Å². The van der Waals surface area contributed by atoms with Gasteiger partial charge in [-0.2, -0.15) is 0 Å². The Labute approximate surface area is 87.8 Å². The molecule has 0 radical (unpaired) electrons. The van der Waals surface area contributed by atoms with E-state index >= 15 is 0 Å². The highest BCUT2D eigenvalue weighted by atomic mass is 35.5. The fourth-order valence-corrected chi connectivity index (χ4v) is 1.61. The van der Waals surface area contributed by atoms with Gasteiger partial charge in [-0.25, -0.2) is 0 Å². The second-order valence-corrected chi connectivity index (χ2v) is 3.55. The zero-order valence-corrected chi connectivity index (χ0v) is 8.51. The van der Waals surface area contributed by atoms with Gasteiger partial charge in [-0.1, -0.05) is 11.6 Å². The van der Waals surface area contributed by atoms with Gasteiger partial charge in [-0.05, 0) is 11.6 Å². The van der Waals surface area contributed by atoms with E-state index in [1.807, 2.05) is 6.07 Å². The van der Waals surface area contributed by atoms with Gasteiger partial charge in [-0.3, -0.25) is 0 Å². The number of ether oxygens (including phenoxy) is 2. The summed E-state index contributed by atoms with van der Waals surface area (Å²) in [6.45, 7) is 1.76. The molecule has 0 saturated carbocycles. The Morgan fingerprint density at radius 2 is 1.86 bits per heavy atom. The molecule has 3 nitrogen and oxygen atoms in total. The molecule has 0 amide bonds. The van der Waals surface area contributed by atoms with Gasteiger partial charge in [0.25, 0.3) is 0 Å². The maximum Gasteiger partial charge on any atom is 0.162 e. The van der Waals surface area contributed by atoms with Crippen molar-refractivity contribution in [3.8, 4) is 11.5 Å². The lowest BCUT2D eigenvalue weighted by Crippen LogP contribution is -1.99. The minimum Gasteiger partial charge on any atom is -0.490 e. The zero-order chi connectivity index (χ0) is 9.97. The molecule has 14 heavy (non-hydrogen) atoms. The third-order valence-electron chi connectivity index (χ3n) is 2.14. The molecule has 2 rings (SSSR count). The maximum absolute atomic E-state index is 6.00. The smallest absolute Gasteiger partial charge is 0.162 e. The summed E-state index contributed by atoms with van der Waals surface area (Å²) in [6, 6.07) is 3.62. The van der Waals surface area contributed by atoms with Crippen molar-refractivity contribution in [1.82, 2.24) is 0 Å². The number of nitrogens with two attached hydrogens (primary N) is 1. The summed E-state index contributed by atoms with van der Waals surface area (Å²) in [4.78, 5) is 0. The summed E-state index contributed by atoms with van der Waals surface area (Å²) in [5, 5.41) is 0.636. The van der Waals surface area contributed by atoms with Crippen molar-refractivity contribution in [2.45, 2.75) is 13.0 Å². The van der Waals surface area contributed by atoms with Gasteiger partial charge in [0.2, 0.25) is 0 Å². The van der Waals surface area contributed by atoms with Crippen LogP contribution < -0.4 is 15.2 Å². The molecule has 1 heterocycles. The van der Waals surface area contributed by atoms with E-state index in [1.165, 1.54) is 0 Å². The van der Waals surface area contributed by atoms with E-state index in [0.29, 0.717) is 30.5 Å². The first-order chi connectivity index (χ1) is 6.81. The van der Waals surface area contributed by atoms with Crippen molar-refractivity contribution in [3.63, 3.8) is 0 Å². The van der Waals surface area contributed by atoms with E-state index in [2.05, 4.69) is 0 Å². The Kier molecular flexibility index (Phi) is 2.79. The molecule has 0 saturated heterocycles. The third kappa shape index (κ3) is 1.79. The minimum absolute atomic E-state index is 0.412. The maximum atomic E-state index is 6.00. The summed E-state index contributed by atoms with van der Waals surface area (Å²) in [5.41, 5.74) is 6.43. The second-order valence-electron chi connectivity index (χ2n) is 3.14. The summed E-state index contributed by atoms with van der Waals surface area (Å²) in [6.07, 6.45) is 0.893. The van der Waals surface area contributed by atoms with Crippen molar-refractivity contribution in [3.05, 3.63) is 22.7 Å². The Morgan fingerprint density at radius 1 is 1.21 bits per heavy atom. The quantitative estimate of drug-likeness (QED) is 0.776. The Bertz CT molecular complexity index is 341. The second kappa shape index (κ2) is 4.07. The van der Waals surface area contributed by atoms with Crippen molar-refractivity contribution in [1.29, 1.82) is 0 Å². The predicted octanol–water partition coefficient (Wildman–Crippen LogP) is 1.96. The van der Waals surface area contributed by atoms with Gasteiger partial charge in [0.1, 0.15) is 0 Å². The molecule has 4 heteroatoms. The Hall–Kier alpha value is -0.930. The van der Waals surface area contributed by atoms with Crippen LogP contribution >= 0.6 is 11.6 Å². The van der Waals surface area contributed by atoms with Crippen LogP contribution in [0.15, 0.2) is 12.1 Å². The first-order valence-electron chi connectivity index (χ1n) is 4.59. The van der Waals surface area contributed by atoms with E-state index in [9.17, 15) is 0 Å². The van der Waals surface area contributed by atoms with E-state index in [1.54, 1.807) is 6.07 Å². The molecule has 0 spiro atoms. The summed E-state index contributed by atoms with van der Waals surface area (Å²) in [5.74, 6) is 1.46. The molecule has 76 valence electrons. The van der Waals surface area contributed by atoms with Crippen LogP contribution in [0.3, 0.4) is 0 Å². The van der Waals surface area contributed by atoms with E-state index in [4.69, 9.17) is 26.8 Å². The highest BCUT2D eigenvalue weighted by Crippen LogP contribution is 2.34. The first kappa shape index (κ1) is 9.62. The number of fused-ring (bicyclic) bond motifs is 1. The first-order valence-corrected chi connectivity index (χ1v) is 4.97. The molecule has 2 N–H and O–H groups in total. The zero-order valence-electron chi connectivity index (χ0n) is 7.75. The molecular weight excluding hydrogens is 202 g/mol. The van der Waals surface area contributed by atoms with Crippen LogP contribution in [0.2, 0.25) is 5.02 Å². The standard InChI is InChI=1S/C10H12ClNO2/c11-8-5-10-9(4-7(8)6-12)13-2-1-3-14-10/h4-5H,1-3,6,12H2. The van der Waals surface area contributed by atoms with Crippen molar-refractivity contribution < 1.29 is 9.47 Å². The summed E-state index contributed by atoms with van der Waals surface area (Å²) in [7, 11) is 0. The lowest BCUT2D eigenvalue weighted by atomic mass is 10.2. The number of hydrogen-bond donors (Lipinski definition) is 1. The fourth-order valence-electron chi connectivity index (χ4n) is 1.38. The molecular formula is C10H12ClNO2. The van der Waals surface area contributed by atoms with Crippen LogP contribution in [0.1, 0.15) is 12.0 Å². The normalized spacial score (nSPS) is 15.0. The van der Waals surface area contributed by atoms with Crippen LogP contribution in [0.5, 0.6) is 11.5 Å². The summed E-state index contributed by atoms with van der Waals surface area (Å²) < 4.78 is 11.0. The number of hydrogen-bond acceptors (Lipinski definition) is 3. The molecule has 0 bridgehead atoms. The van der Waals surface area contributed by atoms with Crippen LogP contribution in [0.25, 0.3) is 0 Å². The van der Waals surface area contributed by atoms with Gasteiger partial charge >= 0.3 is 0 Å². The SMILES string of the molecule is NCc1cc2c(cc1Cl)OCCCO2. The molecule has 1 aromatic rings. The van der Waals surface area contributed by atoms with Gasteiger partial charge in [0.05, 0.1) is 13.2 Å². The van der Waals surface area contributed by atoms with Gasteiger partial charge in [-0.15, -0.1) is 0 Å².